The van der Waals surface area contributed by atoms with E-state index in [1.54, 1.807) is 7.11 Å². The maximum Gasteiger partial charge on any atom is 0.117 e. The molecule has 0 bridgehead atoms. The molecule has 1 saturated heterocycles. The summed E-state index contributed by atoms with van der Waals surface area (Å²) < 4.78 is 40.0. The van der Waals surface area contributed by atoms with Crippen molar-refractivity contribution in [3.05, 3.63) is 33.8 Å². The van der Waals surface area contributed by atoms with Gasteiger partial charge in [-0.2, -0.15) is 0 Å². The van der Waals surface area contributed by atoms with Gasteiger partial charge in [0.1, 0.15) is 36.6 Å². The summed E-state index contributed by atoms with van der Waals surface area (Å²) in [5.74, 6) is 0. The Morgan fingerprint density at radius 3 is 1.89 bits per heavy atom. The minimum absolute atomic E-state index is 0.272. The summed E-state index contributed by atoms with van der Waals surface area (Å²) in [6.07, 6.45) is 6.43. The predicted octanol–water partition coefficient (Wildman–Crippen LogP) is 7.59. The van der Waals surface area contributed by atoms with Crippen molar-refractivity contribution in [2.75, 3.05) is 40.1 Å². The van der Waals surface area contributed by atoms with Crippen LogP contribution in [0.15, 0.2) is 22.7 Å². The zero-order valence-electron chi connectivity index (χ0n) is 24.7. The Labute approximate surface area is 240 Å². The van der Waals surface area contributed by atoms with Crippen molar-refractivity contribution in [1.82, 2.24) is 0 Å². The molecule has 0 saturated carbocycles. The first-order chi connectivity index (χ1) is 18.5. The quantitative estimate of drug-likeness (QED) is 0.144. The molecule has 2 rings (SSSR count). The lowest BCUT2D eigenvalue weighted by Gasteiger charge is -2.48. The molecule has 1 heterocycles. The average Bonchev–Trinajstić information content (AvgIpc) is 2.90. The third-order valence-corrected chi connectivity index (χ3v) is 7.60. The molecule has 6 nitrogen and oxygen atoms in total. The molecule has 220 valence electrons. The van der Waals surface area contributed by atoms with E-state index in [2.05, 4.69) is 68.7 Å². The summed E-state index contributed by atoms with van der Waals surface area (Å²) in [5.41, 5.74) is 2.23. The van der Waals surface area contributed by atoms with Crippen LogP contribution in [0.4, 0.5) is 0 Å². The van der Waals surface area contributed by atoms with Gasteiger partial charge < -0.3 is 28.4 Å². The third kappa shape index (κ3) is 10.5. The lowest BCUT2D eigenvalue weighted by Crippen LogP contribution is -2.63. The summed E-state index contributed by atoms with van der Waals surface area (Å²) in [5, 5.41) is 0. The van der Waals surface area contributed by atoms with E-state index in [1.807, 2.05) is 0 Å². The molecule has 1 aliphatic heterocycles. The summed E-state index contributed by atoms with van der Waals surface area (Å²) in [7, 11) is 1.75. The normalized spacial score (nSPS) is 24.6. The maximum absolute atomic E-state index is 6.89. The number of ether oxygens (including phenoxy) is 6. The summed E-state index contributed by atoms with van der Waals surface area (Å²) in [6, 6.07) is 6.29. The number of aryl methyl sites for hydroxylation is 1. The molecule has 1 aliphatic rings. The van der Waals surface area contributed by atoms with Gasteiger partial charge in [-0.1, -0.05) is 75.4 Å². The highest BCUT2D eigenvalue weighted by atomic mass is 79.9. The van der Waals surface area contributed by atoms with Crippen LogP contribution in [0, 0.1) is 6.92 Å². The van der Waals surface area contributed by atoms with E-state index in [0.717, 1.165) is 67.0 Å². The first kappa shape index (κ1) is 33.7. The number of halogens is 1. The molecule has 0 aliphatic carbocycles. The number of rotatable bonds is 20. The molecule has 0 spiro atoms. The number of benzene rings is 1. The Bertz CT molecular complexity index is 747. The van der Waals surface area contributed by atoms with Crippen LogP contribution in [0.3, 0.4) is 0 Å². The number of methoxy groups -OCH3 is 1. The van der Waals surface area contributed by atoms with Gasteiger partial charge in [-0.3, -0.25) is 0 Å². The van der Waals surface area contributed by atoms with E-state index in [1.165, 1.54) is 0 Å². The van der Waals surface area contributed by atoms with E-state index in [4.69, 9.17) is 28.4 Å². The van der Waals surface area contributed by atoms with Crippen molar-refractivity contribution in [2.24, 2.45) is 0 Å². The Morgan fingerprint density at radius 1 is 0.789 bits per heavy atom. The fourth-order valence-electron chi connectivity index (χ4n) is 4.83. The molecule has 1 fully saturated rings. The van der Waals surface area contributed by atoms with Crippen molar-refractivity contribution < 1.29 is 28.4 Å². The minimum atomic E-state index is -0.367. The lowest BCUT2D eigenvalue weighted by atomic mass is 9.87. The molecular formula is C31H53BrO6. The van der Waals surface area contributed by atoms with Crippen LogP contribution < -0.4 is 0 Å². The van der Waals surface area contributed by atoms with Crippen LogP contribution in [-0.2, 0) is 28.4 Å². The van der Waals surface area contributed by atoms with Gasteiger partial charge in [0.15, 0.2) is 0 Å². The second kappa shape index (κ2) is 19.5. The van der Waals surface area contributed by atoms with Gasteiger partial charge in [-0.25, -0.2) is 0 Å². The van der Waals surface area contributed by atoms with Crippen molar-refractivity contribution in [3.63, 3.8) is 0 Å². The molecule has 0 N–H and O–H groups in total. The van der Waals surface area contributed by atoms with Gasteiger partial charge in [-0.15, -0.1) is 0 Å². The molecule has 0 amide bonds. The van der Waals surface area contributed by atoms with Gasteiger partial charge in [0.25, 0.3) is 0 Å². The van der Waals surface area contributed by atoms with E-state index < -0.39 is 0 Å². The van der Waals surface area contributed by atoms with E-state index >= 15 is 0 Å². The molecule has 3 unspecified atom stereocenters. The molecule has 1 aromatic carbocycles. The van der Waals surface area contributed by atoms with Crippen molar-refractivity contribution >= 4 is 15.9 Å². The lowest BCUT2D eigenvalue weighted by molar-refractivity contribution is -0.283. The number of hydrogen-bond donors (Lipinski definition) is 0. The molecule has 0 radical (unpaired) electrons. The minimum Gasteiger partial charge on any atom is -0.379 e. The van der Waals surface area contributed by atoms with Crippen LogP contribution in [-0.4, -0.2) is 70.7 Å². The first-order valence-electron chi connectivity index (χ1n) is 14.9. The second-order valence-corrected chi connectivity index (χ2v) is 11.2. The predicted molar refractivity (Wildman–Crippen MR) is 157 cm³/mol. The fourth-order valence-corrected chi connectivity index (χ4v) is 5.31. The van der Waals surface area contributed by atoms with E-state index in [0.29, 0.717) is 33.0 Å². The first-order valence-corrected chi connectivity index (χ1v) is 15.7. The average molecular weight is 602 g/mol. The van der Waals surface area contributed by atoms with E-state index in [-0.39, 0.29) is 36.6 Å². The molecular weight excluding hydrogens is 548 g/mol. The Hall–Kier alpha value is -0.540. The summed E-state index contributed by atoms with van der Waals surface area (Å²) in [6.45, 7) is 14.0. The third-order valence-electron chi connectivity index (χ3n) is 7.11. The van der Waals surface area contributed by atoms with Gasteiger partial charge in [0, 0.05) is 38.0 Å². The van der Waals surface area contributed by atoms with Crippen LogP contribution in [0.2, 0.25) is 0 Å². The van der Waals surface area contributed by atoms with Crippen molar-refractivity contribution in [2.45, 2.75) is 123 Å². The fraction of sp³-hybridized carbons (Fsp3) is 0.806. The molecule has 0 aromatic heterocycles. The van der Waals surface area contributed by atoms with Crippen molar-refractivity contribution in [3.8, 4) is 0 Å². The monoisotopic (exact) mass is 600 g/mol. The van der Waals surface area contributed by atoms with Crippen LogP contribution in [0.25, 0.3) is 0 Å². The Balaban J connectivity index is 2.47. The molecule has 38 heavy (non-hydrogen) atoms. The number of unbranched alkanes of at least 4 members (excludes halogenated alkanes) is 4. The Morgan fingerprint density at radius 2 is 1.34 bits per heavy atom. The highest BCUT2D eigenvalue weighted by Gasteiger charge is 2.51. The highest BCUT2D eigenvalue weighted by Crippen LogP contribution is 2.38. The smallest absolute Gasteiger partial charge is 0.117 e. The maximum atomic E-state index is 6.89. The standard InChI is InChI=1S/C31H53BrO6/c1-7-11-17-34-22-26-28(35-18-12-8-2)29(36-19-13-9-3)30(37-20-14-10-4)31(38-26)27(33-6)25-16-15-24(32)21-23(25)5/h15-16,21,26-31H,7-14,17-20,22H2,1-6H3/t26?,27?,28-,29+,30?,31-/m1/s1. The van der Waals surface area contributed by atoms with Crippen LogP contribution in [0.1, 0.15) is 96.3 Å². The van der Waals surface area contributed by atoms with Crippen LogP contribution >= 0.6 is 15.9 Å². The SMILES string of the molecule is CCCCOCC1O[C@H](C(OC)c2ccc(Br)cc2C)C(OCCCC)[C@@H](OCCCC)[C@@H]1OCCCC. The van der Waals surface area contributed by atoms with Crippen LogP contribution in [0.5, 0.6) is 0 Å². The number of hydrogen-bond acceptors (Lipinski definition) is 6. The topological polar surface area (TPSA) is 55.4 Å². The highest BCUT2D eigenvalue weighted by molar-refractivity contribution is 9.10. The Kier molecular flexibility index (Phi) is 17.3. The summed E-state index contributed by atoms with van der Waals surface area (Å²) in [4.78, 5) is 0. The molecule has 6 atom stereocenters. The van der Waals surface area contributed by atoms with Gasteiger partial charge >= 0.3 is 0 Å². The van der Waals surface area contributed by atoms with Crippen molar-refractivity contribution in [1.29, 1.82) is 0 Å². The molecule has 1 aromatic rings. The van der Waals surface area contributed by atoms with Gasteiger partial charge in [0.05, 0.1) is 6.61 Å². The zero-order chi connectivity index (χ0) is 27.8. The largest absolute Gasteiger partial charge is 0.379 e. The van der Waals surface area contributed by atoms with E-state index in [9.17, 15) is 0 Å². The van der Waals surface area contributed by atoms with Gasteiger partial charge in [-0.05, 0) is 55.9 Å². The molecule has 7 heteroatoms. The second-order valence-electron chi connectivity index (χ2n) is 10.3. The van der Waals surface area contributed by atoms with Gasteiger partial charge in [0.2, 0.25) is 0 Å². The zero-order valence-corrected chi connectivity index (χ0v) is 26.3. The summed E-state index contributed by atoms with van der Waals surface area (Å²) >= 11 is 3.60.